The summed E-state index contributed by atoms with van der Waals surface area (Å²) in [5.41, 5.74) is 2.76. The normalized spacial score (nSPS) is 14.5. The van der Waals surface area contributed by atoms with Gasteiger partial charge in [-0.15, -0.1) is 0 Å². The number of hydrogen-bond donors (Lipinski definition) is 3. The molecular weight excluding hydrogens is 288 g/mol. The SMILES string of the molecule is N#Cc1ccc(CC(NC2=NCCN2)c2cccc(O)c2)cc1. The lowest BCUT2D eigenvalue weighted by Gasteiger charge is -2.21. The van der Waals surface area contributed by atoms with Gasteiger partial charge in [-0.1, -0.05) is 24.3 Å². The molecule has 0 amide bonds. The van der Waals surface area contributed by atoms with Crippen molar-refractivity contribution in [3.05, 3.63) is 65.2 Å². The Morgan fingerprint density at radius 3 is 2.74 bits per heavy atom. The van der Waals surface area contributed by atoms with Crippen LogP contribution in [0.25, 0.3) is 0 Å². The monoisotopic (exact) mass is 306 g/mol. The van der Waals surface area contributed by atoms with E-state index in [1.54, 1.807) is 12.1 Å². The second-order valence-corrected chi connectivity index (χ2v) is 5.46. The van der Waals surface area contributed by atoms with Crippen LogP contribution < -0.4 is 10.6 Å². The molecule has 0 spiro atoms. The molecular formula is C18H18N4O. The highest BCUT2D eigenvalue weighted by atomic mass is 16.3. The summed E-state index contributed by atoms with van der Waals surface area (Å²) in [6.45, 7) is 1.61. The number of aromatic hydroxyl groups is 1. The molecule has 23 heavy (non-hydrogen) atoms. The van der Waals surface area contributed by atoms with Crippen LogP contribution in [0.4, 0.5) is 0 Å². The zero-order chi connectivity index (χ0) is 16.1. The fourth-order valence-corrected chi connectivity index (χ4v) is 2.60. The standard InChI is InChI=1S/C18H18N4O/c19-12-14-6-4-13(5-7-14)10-17(22-18-20-8-9-21-18)15-2-1-3-16(23)11-15/h1-7,11,17,23H,8-10H2,(H2,20,21,22). The fourth-order valence-electron chi connectivity index (χ4n) is 2.60. The van der Waals surface area contributed by atoms with Crippen molar-refractivity contribution in [3.8, 4) is 11.8 Å². The van der Waals surface area contributed by atoms with Crippen LogP contribution in [0.5, 0.6) is 5.75 Å². The van der Waals surface area contributed by atoms with Crippen molar-refractivity contribution in [2.24, 2.45) is 4.99 Å². The Hall–Kier alpha value is -3.00. The summed E-state index contributed by atoms with van der Waals surface area (Å²) in [5, 5.41) is 25.3. The molecule has 0 saturated heterocycles. The van der Waals surface area contributed by atoms with Crippen molar-refractivity contribution in [1.82, 2.24) is 10.6 Å². The van der Waals surface area contributed by atoms with Gasteiger partial charge in [-0.2, -0.15) is 5.26 Å². The van der Waals surface area contributed by atoms with E-state index in [0.717, 1.165) is 36.6 Å². The lowest BCUT2D eigenvalue weighted by Crippen LogP contribution is -2.37. The molecule has 1 aliphatic heterocycles. The number of guanidine groups is 1. The van der Waals surface area contributed by atoms with Crippen LogP contribution in [-0.4, -0.2) is 24.2 Å². The van der Waals surface area contributed by atoms with Crippen LogP contribution in [-0.2, 0) is 6.42 Å². The van der Waals surface area contributed by atoms with E-state index < -0.39 is 0 Å². The minimum Gasteiger partial charge on any atom is -0.508 e. The van der Waals surface area contributed by atoms with Crippen molar-refractivity contribution >= 4 is 5.96 Å². The van der Waals surface area contributed by atoms with Crippen molar-refractivity contribution in [2.75, 3.05) is 13.1 Å². The topological polar surface area (TPSA) is 80.4 Å². The highest BCUT2D eigenvalue weighted by Gasteiger charge is 2.16. The highest BCUT2D eigenvalue weighted by molar-refractivity contribution is 5.81. The third kappa shape index (κ3) is 3.80. The number of phenols is 1. The quantitative estimate of drug-likeness (QED) is 0.808. The second-order valence-electron chi connectivity index (χ2n) is 5.46. The molecule has 3 N–H and O–H groups in total. The third-order valence-corrected chi connectivity index (χ3v) is 3.78. The van der Waals surface area contributed by atoms with Crippen molar-refractivity contribution < 1.29 is 5.11 Å². The first kappa shape index (κ1) is 14.9. The van der Waals surface area contributed by atoms with Crippen LogP contribution in [0, 0.1) is 11.3 Å². The molecule has 0 radical (unpaired) electrons. The number of nitrogens with one attached hydrogen (secondary N) is 2. The number of nitrogens with zero attached hydrogens (tertiary/aromatic N) is 2. The van der Waals surface area contributed by atoms with Crippen LogP contribution in [0.1, 0.15) is 22.7 Å². The zero-order valence-corrected chi connectivity index (χ0v) is 12.7. The molecule has 0 fully saturated rings. The molecule has 1 unspecified atom stereocenters. The molecule has 3 rings (SSSR count). The van der Waals surface area contributed by atoms with E-state index in [1.165, 1.54) is 0 Å². The van der Waals surface area contributed by atoms with Gasteiger partial charge in [-0.25, -0.2) is 0 Å². The summed E-state index contributed by atoms with van der Waals surface area (Å²) in [4.78, 5) is 4.38. The number of aliphatic imine (C=N–C) groups is 1. The van der Waals surface area contributed by atoms with Crippen LogP contribution in [0.2, 0.25) is 0 Å². The summed E-state index contributed by atoms with van der Waals surface area (Å²) >= 11 is 0. The fraction of sp³-hybridized carbons (Fsp3) is 0.222. The molecule has 0 saturated carbocycles. The summed E-state index contributed by atoms with van der Waals surface area (Å²) in [5.74, 6) is 1.03. The maximum absolute atomic E-state index is 9.75. The van der Waals surface area contributed by atoms with Gasteiger partial charge in [0.2, 0.25) is 0 Å². The van der Waals surface area contributed by atoms with E-state index >= 15 is 0 Å². The molecule has 1 heterocycles. The minimum atomic E-state index is -0.0145. The van der Waals surface area contributed by atoms with Gasteiger partial charge in [0.15, 0.2) is 5.96 Å². The number of hydrogen-bond acceptors (Lipinski definition) is 5. The smallest absolute Gasteiger partial charge is 0.191 e. The Morgan fingerprint density at radius 2 is 2.09 bits per heavy atom. The number of nitriles is 1. The average Bonchev–Trinajstić information content (AvgIpc) is 3.08. The minimum absolute atomic E-state index is 0.0145. The first-order valence-corrected chi connectivity index (χ1v) is 7.57. The zero-order valence-electron chi connectivity index (χ0n) is 12.7. The lowest BCUT2D eigenvalue weighted by atomic mass is 9.98. The molecule has 2 aromatic rings. The molecule has 2 aromatic carbocycles. The predicted molar refractivity (Wildman–Crippen MR) is 89.1 cm³/mol. The van der Waals surface area contributed by atoms with Gasteiger partial charge in [0.1, 0.15) is 5.75 Å². The van der Waals surface area contributed by atoms with Crippen molar-refractivity contribution in [2.45, 2.75) is 12.5 Å². The highest BCUT2D eigenvalue weighted by Crippen LogP contribution is 2.22. The molecule has 1 atom stereocenters. The van der Waals surface area contributed by atoms with Crippen molar-refractivity contribution in [1.29, 1.82) is 5.26 Å². The van der Waals surface area contributed by atoms with E-state index in [0.29, 0.717) is 5.56 Å². The Morgan fingerprint density at radius 1 is 1.26 bits per heavy atom. The van der Waals surface area contributed by atoms with Crippen LogP contribution in [0.15, 0.2) is 53.5 Å². The van der Waals surface area contributed by atoms with Gasteiger partial charge < -0.3 is 15.7 Å². The summed E-state index contributed by atoms with van der Waals surface area (Å²) in [7, 11) is 0. The predicted octanol–water partition coefficient (Wildman–Crippen LogP) is 2.10. The Kier molecular flexibility index (Phi) is 4.44. The van der Waals surface area contributed by atoms with Gasteiger partial charge >= 0.3 is 0 Å². The van der Waals surface area contributed by atoms with Crippen LogP contribution in [0.3, 0.4) is 0 Å². The second kappa shape index (κ2) is 6.84. The van der Waals surface area contributed by atoms with Gasteiger partial charge in [-0.05, 0) is 41.8 Å². The Labute approximate surface area is 135 Å². The first-order chi connectivity index (χ1) is 11.2. The Bertz CT molecular complexity index is 746. The third-order valence-electron chi connectivity index (χ3n) is 3.78. The van der Waals surface area contributed by atoms with Crippen LogP contribution >= 0.6 is 0 Å². The molecule has 5 heteroatoms. The van der Waals surface area contributed by atoms with Gasteiger partial charge in [0.25, 0.3) is 0 Å². The van der Waals surface area contributed by atoms with E-state index in [2.05, 4.69) is 21.7 Å². The Balaban J connectivity index is 1.83. The largest absolute Gasteiger partial charge is 0.508 e. The number of benzene rings is 2. The van der Waals surface area contributed by atoms with Gasteiger partial charge in [0, 0.05) is 6.54 Å². The molecule has 116 valence electrons. The molecule has 5 nitrogen and oxygen atoms in total. The lowest BCUT2D eigenvalue weighted by molar-refractivity contribution is 0.473. The van der Waals surface area contributed by atoms with Gasteiger partial charge in [-0.3, -0.25) is 4.99 Å². The van der Waals surface area contributed by atoms with E-state index in [-0.39, 0.29) is 11.8 Å². The maximum atomic E-state index is 9.75. The van der Waals surface area contributed by atoms with E-state index in [1.807, 2.05) is 36.4 Å². The molecule has 0 aliphatic carbocycles. The first-order valence-electron chi connectivity index (χ1n) is 7.57. The van der Waals surface area contributed by atoms with Crippen molar-refractivity contribution in [3.63, 3.8) is 0 Å². The molecule has 0 aromatic heterocycles. The van der Waals surface area contributed by atoms with E-state index in [9.17, 15) is 5.11 Å². The maximum Gasteiger partial charge on any atom is 0.191 e. The summed E-state index contributed by atoms with van der Waals surface area (Å²) in [6.07, 6.45) is 0.732. The number of phenolic OH excluding ortho intramolecular Hbond substituents is 1. The summed E-state index contributed by atoms with van der Waals surface area (Å²) < 4.78 is 0. The number of rotatable bonds is 4. The van der Waals surface area contributed by atoms with Gasteiger partial charge in [0.05, 0.1) is 24.2 Å². The molecule has 1 aliphatic rings. The average molecular weight is 306 g/mol. The molecule has 0 bridgehead atoms. The summed E-state index contributed by atoms with van der Waals surface area (Å²) in [6, 6.07) is 16.9. The van der Waals surface area contributed by atoms with E-state index in [4.69, 9.17) is 5.26 Å².